The Balaban J connectivity index is 1.06. The van der Waals surface area contributed by atoms with Crippen LogP contribution in [0.1, 0.15) is 0 Å². The Morgan fingerprint density at radius 2 is 0.867 bits per heavy atom. The molecule has 0 spiro atoms. The fourth-order valence-corrected chi connectivity index (χ4v) is 9.27. The topological polar surface area (TPSA) is 35.6 Å². The first-order valence-electron chi connectivity index (χ1n) is 20.4. The van der Waals surface area contributed by atoms with Crippen LogP contribution >= 0.6 is 0 Å². The van der Waals surface area contributed by atoms with Gasteiger partial charge in [-0.3, -0.25) is 0 Å². The van der Waals surface area contributed by atoms with E-state index in [0.717, 1.165) is 56.0 Å². The lowest BCUT2D eigenvalue weighted by Crippen LogP contribution is -1.98. The van der Waals surface area contributed by atoms with E-state index in [9.17, 15) is 0 Å². The summed E-state index contributed by atoms with van der Waals surface area (Å²) in [6, 6.07) is 77.8. The van der Waals surface area contributed by atoms with E-state index in [-0.39, 0.29) is 0 Å². The van der Waals surface area contributed by atoms with Crippen LogP contribution in [0.25, 0.3) is 111 Å². The van der Waals surface area contributed by atoms with Gasteiger partial charge in [0.1, 0.15) is 0 Å². The van der Waals surface area contributed by atoms with Crippen molar-refractivity contribution >= 4 is 54.4 Å². The third-order valence-corrected chi connectivity index (χ3v) is 11.9. The predicted molar refractivity (Wildman–Crippen MR) is 250 cm³/mol. The molecule has 0 fully saturated rings. The molecule has 0 aliphatic rings. The number of hydrogen-bond acceptors (Lipinski definition) is 2. The molecule has 0 saturated carbocycles. The molecule has 3 heterocycles. The summed E-state index contributed by atoms with van der Waals surface area (Å²) >= 11 is 0. The Morgan fingerprint density at radius 3 is 1.57 bits per heavy atom. The van der Waals surface area contributed by atoms with Crippen LogP contribution in [0.4, 0.5) is 0 Å². The molecular formula is C56H36N4. The van der Waals surface area contributed by atoms with Crippen LogP contribution in [-0.4, -0.2) is 19.1 Å². The van der Waals surface area contributed by atoms with Crippen LogP contribution in [-0.2, 0) is 0 Å². The maximum absolute atomic E-state index is 5.31. The molecule has 0 unspecified atom stereocenters. The highest BCUT2D eigenvalue weighted by atomic mass is 15.0. The molecule has 0 amide bonds. The minimum Gasteiger partial charge on any atom is -0.309 e. The molecule has 12 rings (SSSR count). The first-order chi connectivity index (χ1) is 29.8. The smallest absolute Gasteiger partial charge is 0.161 e. The van der Waals surface area contributed by atoms with E-state index >= 15 is 0 Å². The number of para-hydroxylation sites is 3. The average molecular weight is 765 g/mol. The normalized spacial score (nSPS) is 11.7. The van der Waals surface area contributed by atoms with E-state index in [0.29, 0.717) is 5.82 Å². The predicted octanol–water partition coefficient (Wildman–Crippen LogP) is 14.5. The molecule has 4 nitrogen and oxygen atoms in total. The molecule has 0 atom stereocenters. The van der Waals surface area contributed by atoms with Gasteiger partial charge in [0, 0.05) is 49.3 Å². The summed E-state index contributed by atoms with van der Waals surface area (Å²) in [5.41, 5.74) is 14.1. The van der Waals surface area contributed by atoms with Gasteiger partial charge in [-0.25, -0.2) is 9.97 Å². The molecule has 0 saturated heterocycles. The van der Waals surface area contributed by atoms with E-state index in [1.807, 2.05) is 12.1 Å². The van der Waals surface area contributed by atoms with E-state index in [1.165, 1.54) is 49.0 Å². The average Bonchev–Trinajstić information content (AvgIpc) is 3.85. The summed E-state index contributed by atoms with van der Waals surface area (Å²) in [5, 5.41) is 7.33. The van der Waals surface area contributed by atoms with Crippen LogP contribution in [0.3, 0.4) is 0 Å². The summed E-state index contributed by atoms with van der Waals surface area (Å²) in [6.45, 7) is 0. The molecule has 9 aromatic carbocycles. The first kappa shape index (κ1) is 34.0. The third-order valence-electron chi connectivity index (χ3n) is 11.9. The largest absolute Gasteiger partial charge is 0.309 e. The highest BCUT2D eigenvalue weighted by Gasteiger charge is 2.21. The molecule has 3 aromatic heterocycles. The summed E-state index contributed by atoms with van der Waals surface area (Å²) in [4.78, 5) is 10.5. The minimum absolute atomic E-state index is 0.699. The van der Waals surface area contributed by atoms with Gasteiger partial charge in [0.15, 0.2) is 5.82 Å². The molecule has 0 bridgehead atoms. The van der Waals surface area contributed by atoms with Crippen molar-refractivity contribution in [3.8, 4) is 56.4 Å². The fraction of sp³-hybridized carbons (Fsp3) is 0. The maximum atomic E-state index is 5.31. The fourth-order valence-electron chi connectivity index (χ4n) is 9.27. The Hall–Kier alpha value is -8.08. The molecule has 0 aliphatic carbocycles. The number of fused-ring (bicyclic) bond motifs is 8. The van der Waals surface area contributed by atoms with Crippen LogP contribution in [0.5, 0.6) is 0 Å². The Morgan fingerprint density at radius 1 is 0.317 bits per heavy atom. The van der Waals surface area contributed by atoms with Gasteiger partial charge in [-0.05, 0) is 71.1 Å². The Labute approximate surface area is 346 Å². The van der Waals surface area contributed by atoms with Crippen molar-refractivity contribution in [1.82, 2.24) is 19.1 Å². The summed E-state index contributed by atoms with van der Waals surface area (Å²) in [5.74, 6) is 0.699. The van der Waals surface area contributed by atoms with Crippen molar-refractivity contribution < 1.29 is 0 Å². The zero-order valence-corrected chi connectivity index (χ0v) is 32.6. The van der Waals surface area contributed by atoms with Crippen molar-refractivity contribution in [3.05, 3.63) is 218 Å². The Bertz CT molecular complexity index is 3580. The monoisotopic (exact) mass is 764 g/mol. The van der Waals surface area contributed by atoms with Crippen LogP contribution < -0.4 is 0 Å². The van der Waals surface area contributed by atoms with Gasteiger partial charge in [-0.15, -0.1) is 0 Å². The zero-order chi connectivity index (χ0) is 39.6. The zero-order valence-electron chi connectivity index (χ0n) is 32.6. The van der Waals surface area contributed by atoms with Crippen LogP contribution in [0.15, 0.2) is 218 Å². The van der Waals surface area contributed by atoms with Gasteiger partial charge in [0.05, 0.1) is 39.1 Å². The summed E-state index contributed by atoms with van der Waals surface area (Å²) in [7, 11) is 0. The van der Waals surface area contributed by atoms with Gasteiger partial charge in [-0.1, -0.05) is 164 Å². The second-order valence-electron chi connectivity index (χ2n) is 15.3. The Kier molecular flexibility index (Phi) is 7.82. The lowest BCUT2D eigenvalue weighted by Gasteiger charge is -2.14. The molecule has 12 aromatic rings. The minimum atomic E-state index is 0.699. The van der Waals surface area contributed by atoms with Crippen molar-refractivity contribution in [2.45, 2.75) is 0 Å². The van der Waals surface area contributed by atoms with E-state index in [2.05, 4.69) is 215 Å². The van der Waals surface area contributed by atoms with Gasteiger partial charge >= 0.3 is 0 Å². The quantitative estimate of drug-likeness (QED) is 0.169. The lowest BCUT2D eigenvalue weighted by molar-refractivity contribution is 1.18. The van der Waals surface area contributed by atoms with Crippen LogP contribution in [0.2, 0.25) is 0 Å². The van der Waals surface area contributed by atoms with Crippen molar-refractivity contribution in [3.63, 3.8) is 0 Å². The van der Waals surface area contributed by atoms with E-state index < -0.39 is 0 Å². The molecular weight excluding hydrogens is 729 g/mol. The molecule has 280 valence electrons. The van der Waals surface area contributed by atoms with Gasteiger partial charge < -0.3 is 9.13 Å². The van der Waals surface area contributed by atoms with Crippen molar-refractivity contribution in [2.75, 3.05) is 0 Å². The summed E-state index contributed by atoms with van der Waals surface area (Å²) < 4.78 is 4.86. The number of benzene rings is 9. The van der Waals surface area contributed by atoms with Crippen LogP contribution in [0, 0.1) is 0 Å². The number of nitrogens with zero attached hydrogens (tertiary/aromatic N) is 4. The van der Waals surface area contributed by atoms with Crippen molar-refractivity contribution in [2.24, 2.45) is 0 Å². The second kappa shape index (κ2) is 13.8. The molecule has 0 N–H and O–H groups in total. The standard InChI is InChI=1S/C56H36N4/c1-4-17-37(18-5-1)42-24-10-11-25-44(42)56-57-47(38-19-6-2-7-20-38)36-48(58-56)40-31-32-43-39(35-40)21-16-30-49(43)60-51-29-15-13-27-46(51)55-53(60)34-33-52-54(55)45-26-12-14-28-50(45)59(52)41-22-8-3-9-23-41/h1-36H. The molecule has 60 heavy (non-hydrogen) atoms. The highest BCUT2D eigenvalue weighted by molar-refractivity contribution is 6.29. The molecule has 4 heteroatoms. The van der Waals surface area contributed by atoms with E-state index in [1.54, 1.807) is 0 Å². The van der Waals surface area contributed by atoms with Crippen molar-refractivity contribution in [1.29, 1.82) is 0 Å². The lowest BCUT2D eigenvalue weighted by atomic mass is 9.98. The molecule has 0 radical (unpaired) electrons. The third kappa shape index (κ3) is 5.39. The van der Waals surface area contributed by atoms with E-state index in [4.69, 9.17) is 9.97 Å². The summed E-state index contributed by atoms with van der Waals surface area (Å²) in [6.07, 6.45) is 0. The van der Waals surface area contributed by atoms with Gasteiger partial charge in [0.2, 0.25) is 0 Å². The number of rotatable bonds is 6. The number of aromatic nitrogens is 4. The number of hydrogen-bond donors (Lipinski definition) is 0. The van der Waals surface area contributed by atoms with Gasteiger partial charge in [0.25, 0.3) is 0 Å². The SMILES string of the molecule is c1ccc(-c2cc(-c3ccc4c(-n5c6ccccc6c6c7c8ccccc8n(-c8ccccc8)c7ccc65)cccc4c3)nc(-c3ccccc3-c3ccccc3)n2)cc1. The second-order valence-corrected chi connectivity index (χ2v) is 15.3. The molecule has 0 aliphatic heterocycles. The van der Waals surface area contributed by atoms with Gasteiger partial charge in [-0.2, -0.15) is 0 Å². The maximum Gasteiger partial charge on any atom is 0.161 e. The first-order valence-corrected chi connectivity index (χ1v) is 20.4. The highest BCUT2D eigenvalue weighted by Crippen LogP contribution is 2.43.